The fourth-order valence-electron chi connectivity index (χ4n) is 3.67. The molecule has 1 aromatic carbocycles. The van der Waals surface area contributed by atoms with Crippen LogP contribution in [0.1, 0.15) is 50.5 Å². The van der Waals surface area contributed by atoms with Gasteiger partial charge in [0.05, 0.1) is 6.20 Å². The molecule has 0 unspecified atom stereocenters. The van der Waals surface area contributed by atoms with Crippen molar-refractivity contribution in [2.75, 3.05) is 5.32 Å². The number of aromatic nitrogens is 2. The van der Waals surface area contributed by atoms with E-state index in [2.05, 4.69) is 10.3 Å². The molecule has 1 N–H and O–H groups in total. The zero-order valence-electron chi connectivity index (χ0n) is 16.5. The maximum atomic E-state index is 13.0. The third-order valence-electron chi connectivity index (χ3n) is 4.98. The van der Waals surface area contributed by atoms with Gasteiger partial charge >= 0.3 is 12.1 Å². The van der Waals surface area contributed by atoms with Crippen LogP contribution in [0.25, 0.3) is 0 Å². The standard InChI is InChI=1S/C21H23N3O5/c1-21(2,3)29-20(27)23-15-10-22-17-14-9-13(14)16(24(17)18(15)25)19(26)28-11-12-7-5-4-6-8-12/h4-8,10,13-14,16H,9,11H2,1-3H3,(H,23,27)/t13-,14+,16+/m0/s1. The minimum absolute atomic E-state index is 0.00949. The molecule has 0 radical (unpaired) electrons. The normalized spacial score (nSPS) is 21.7. The van der Waals surface area contributed by atoms with Gasteiger partial charge in [0.15, 0.2) is 0 Å². The molecule has 0 spiro atoms. The Labute approximate surface area is 167 Å². The van der Waals surface area contributed by atoms with Crippen LogP contribution in [0.3, 0.4) is 0 Å². The SMILES string of the molecule is CC(C)(C)OC(=O)Nc1cnc2n(c1=O)[C@@H](C(=O)OCc1ccccc1)[C@H]1C[C@@H]21. The molecule has 2 heterocycles. The van der Waals surface area contributed by atoms with Gasteiger partial charge in [-0.05, 0) is 32.8 Å². The van der Waals surface area contributed by atoms with E-state index in [4.69, 9.17) is 9.47 Å². The van der Waals surface area contributed by atoms with E-state index in [0.717, 1.165) is 12.0 Å². The molecule has 1 fully saturated rings. The number of fused-ring (bicyclic) bond motifs is 3. The maximum absolute atomic E-state index is 13.0. The van der Waals surface area contributed by atoms with Crippen molar-refractivity contribution in [1.29, 1.82) is 0 Å². The van der Waals surface area contributed by atoms with E-state index in [-0.39, 0.29) is 24.1 Å². The second-order valence-corrected chi connectivity index (χ2v) is 8.38. The lowest BCUT2D eigenvalue weighted by Crippen LogP contribution is -2.35. The first-order valence-corrected chi connectivity index (χ1v) is 9.56. The van der Waals surface area contributed by atoms with Gasteiger partial charge in [-0.25, -0.2) is 14.6 Å². The van der Waals surface area contributed by atoms with Gasteiger partial charge < -0.3 is 9.47 Å². The molecule has 152 valence electrons. The van der Waals surface area contributed by atoms with Crippen molar-refractivity contribution in [3.8, 4) is 0 Å². The Bertz CT molecular complexity index is 1010. The second-order valence-electron chi connectivity index (χ2n) is 8.38. The van der Waals surface area contributed by atoms with Crippen LogP contribution in [0.15, 0.2) is 41.3 Å². The summed E-state index contributed by atoms with van der Waals surface area (Å²) in [5, 5.41) is 2.43. The summed E-state index contributed by atoms with van der Waals surface area (Å²) in [6.45, 7) is 5.33. The second kappa shape index (κ2) is 7.02. The minimum Gasteiger partial charge on any atom is -0.459 e. The Morgan fingerprint density at radius 2 is 1.97 bits per heavy atom. The zero-order chi connectivity index (χ0) is 20.8. The molecule has 8 nitrogen and oxygen atoms in total. The number of carbonyl (C=O) groups is 2. The van der Waals surface area contributed by atoms with Gasteiger partial charge in [0, 0.05) is 11.8 Å². The number of ether oxygens (including phenoxy) is 2. The van der Waals surface area contributed by atoms with Gasteiger partial charge in [-0.2, -0.15) is 0 Å². The van der Waals surface area contributed by atoms with Gasteiger partial charge in [0.25, 0.3) is 5.56 Å². The van der Waals surface area contributed by atoms with Crippen LogP contribution in [0.2, 0.25) is 0 Å². The Morgan fingerprint density at radius 1 is 1.24 bits per heavy atom. The predicted octanol–water partition coefficient (Wildman–Crippen LogP) is 2.99. The molecule has 1 aliphatic carbocycles. The zero-order valence-corrected chi connectivity index (χ0v) is 16.5. The number of carbonyl (C=O) groups excluding carboxylic acids is 2. The molecule has 2 aliphatic rings. The summed E-state index contributed by atoms with van der Waals surface area (Å²) >= 11 is 0. The third-order valence-corrected chi connectivity index (χ3v) is 4.98. The smallest absolute Gasteiger partial charge is 0.412 e. The van der Waals surface area contributed by atoms with E-state index in [1.165, 1.54) is 10.8 Å². The van der Waals surface area contributed by atoms with Crippen LogP contribution in [0, 0.1) is 5.92 Å². The highest BCUT2D eigenvalue weighted by Gasteiger charge is 2.57. The van der Waals surface area contributed by atoms with E-state index in [9.17, 15) is 14.4 Å². The van der Waals surface area contributed by atoms with Crippen molar-refractivity contribution in [3.05, 3.63) is 58.3 Å². The summed E-state index contributed by atoms with van der Waals surface area (Å²) in [6.07, 6.45) is 1.38. The number of nitrogens with zero attached hydrogens (tertiary/aromatic N) is 2. The first-order valence-electron chi connectivity index (χ1n) is 9.56. The maximum Gasteiger partial charge on any atom is 0.412 e. The predicted molar refractivity (Wildman–Crippen MR) is 104 cm³/mol. The number of hydrogen-bond acceptors (Lipinski definition) is 6. The van der Waals surface area contributed by atoms with Crippen LogP contribution < -0.4 is 10.9 Å². The molecule has 1 aromatic heterocycles. The Morgan fingerprint density at radius 3 is 2.66 bits per heavy atom. The highest BCUT2D eigenvalue weighted by atomic mass is 16.6. The number of amides is 1. The quantitative estimate of drug-likeness (QED) is 0.796. The number of rotatable bonds is 4. The van der Waals surface area contributed by atoms with Gasteiger partial charge in [0.1, 0.15) is 29.8 Å². The summed E-state index contributed by atoms with van der Waals surface area (Å²) in [5.74, 6) is 0.192. The average molecular weight is 397 g/mol. The van der Waals surface area contributed by atoms with Gasteiger partial charge in [-0.15, -0.1) is 0 Å². The molecule has 0 saturated heterocycles. The molecule has 3 atom stereocenters. The first kappa shape index (κ1) is 19.2. The lowest BCUT2D eigenvalue weighted by Gasteiger charge is -2.20. The van der Waals surface area contributed by atoms with E-state index in [0.29, 0.717) is 5.82 Å². The molecule has 0 bridgehead atoms. The third kappa shape index (κ3) is 3.87. The fraction of sp³-hybridized carbons (Fsp3) is 0.429. The van der Waals surface area contributed by atoms with Gasteiger partial charge in [-0.3, -0.25) is 14.7 Å². The van der Waals surface area contributed by atoms with Crippen molar-refractivity contribution in [1.82, 2.24) is 9.55 Å². The Hall–Kier alpha value is -3.16. The van der Waals surface area contributed by atoms with Crippen molar-refractivity contribution in [2.24, 2.45) is 5.92 Å². The highest BCUT2D eigenvalue weighted by Crippen LogP contribution is 2.58. The lowest BCUT2D eigenvalue weighted by molar-refractivity contribution is -0.149. The summed E-state index contributed by atoms with van der Waals surface area (Å²) in [4.78, 5) is 42.1. The van der Waals surface area contributed by atoms with E-state index < -0.39 is 29.3 Å². The van der Waals surface area contributed by atoms with Crippen LogP contribution in [-0.2, 0) is 20.9 Å². The number of anilines is 1. The fourth-order valence-corrected chi connectivity index (χ4v) is 3.67. The largest absolute Gasteiger partial charge is 0.459 e. The van der Waals surface area contributed by atoms with Crippen LogP contribution in [0.4, 0.5) is 10.5 Å². The number of hydrogen-bond donors (Lipinski definition) is 1. The van der Waals surface area contributed by atoms with Crippen LogP contribution in [0.5, 0.6) is 0 Å². The van der Waals surface area contributed by atoms with Crippen molar-refractivity contribution >= 4 is 17.7 Å². The van der Waals surface area contributed by atoms with Crippen molar-refractivity contribution < 1.29 is 19.1 Å². The van der Waals surface area contributed by atoms with Gasteiger partial charge in [-0.1, -0.05) is 30.3 Å². The first-order chi connectivity index (χ1) is 13.7. The van der Waals surface area contributed by atoms with E-state index >= 15 is 0 Å². The average Bonchev–Trinajstić information content (AvgIpc) is 3.36. The summed E-state index contributed by atoms with van der Waals surface area (Å²) < 4.78 is 12.0. The summed E-state index contributed by atoms with van der Waals surface area (Å²) in [5.41, 5.74) is -0.326. The Balaban J connectivity index is 1.54. The highest BCUT2D eigenvalue weighted by molar-refractivity contribution is 5.84. The molecule has 2 aromatic rings. The molecule has 1 amide bonds. The monoisotopic (exact) mass is 397 g/mol. The topological polar surface area (TPSA) is 99.5 Å². The van der Waals surface area contributed by atoms with Gasteiger partial charge in [0.2, 0.25) is 0 Å². The van der Waals surface area contributed by atoms with Crippen LogP contribution >= 0.6 is 0 Å². The molecule has 8 heteroatoms. The molecule has 1 saturated carbocycles. The van der Waals surface area contributed by atoms with Crippen molar-refractivity contribution in [3.63, 3.8) is 0 Å². The number of esters is 1. The summed E-state index contributed by atoms with van der Waals surface area (Å²) in [6, 6.07) is 8.64. The lowest BCUT2D eigenvalue weighted by atomic mass is 10.2. The number of benzene rings is 1. The molecular formula is C21H23N3O5. The van der Waals surface area contributed by atoms with Crippen LogP contribution in [-0.4, -0.2) is 27.2 Å². The van der Waals surface area contributed by atoms with E-state index in [1.54, 1.807) is 20.8 Å². The minimum atomic E-state index is -0.747. The molecule has 29 heavy (non-hydrogen) atoms. The van der Waals surface area contributed by atoms with Crippen molar-refractivity contribution in [2.45, 2.75) is 51.4 Å². The number of nitrogens with one attached hydrogen (secondary N) is 1. The summed E-state index contributed by atoms with van der Waals surface area (Å²) in [7, 11) is 0. The molecule has 1 aliphatic heterocycles. The molecular weight excluding hydrogens is 374 g/mol. The molecule has 4 rings (SSSR count). The Kier molecular flexibility index (Phi) is 4.64. The van der Waals surface area contributed by atoms with E-state index in [1.807, 2.05) is 30.3 Å².